The summed E-state index contributed by atoms with van der Waals surface area (Å²) in [4.78, 5) is 4.84. The summed E-state index contributed by atoms with van der Waals surface area (Å²) in [5.74, 6) is 1.64. The van der Waals surface area contributed by atoms with Crippen LogP contribution in [0.4, 0.5) is 0 Å². The van der Waals surface area contributed by atoms with Gasteiger partial charge in [0.1, 0.15) is 5.82 Å². The van der Waals surface area contributed by atoms with Crippen molar-refractivity contribution in [2.45, 2.75) is 33.7 Å². The van der Waals surface area contributed by atoms with Gasteiger partial charge in [0, 0.05) is 6.54 Å². The number of hydrogen-bond acceptors (Lipinski definition) is 1. The maximum absolute atomic E-state index is 4.84. The van der Waals surface area contributed by atoms with Crippen LogP contribution in [0.1, 0.15) is 26.1 Å². The van der Waals surface area contributed by atoms with E-state index in [4.69, 9.17) is 4.98 Å². The van der Waals surface area contributed by atoms with Crippen LogP contribution >= 0.6 is 0 Å². The smallest absolute Gasteiger partial charge is 0.107 e. The lowest BCUT2D eigenvalue weighted by molar-refractivity contribution is 0.689. The summed E-state index contributed by atoms with van der Waals surface area (Å²) in [7, 11) is 0. The first-order valence-electron chi connectivity index (χ1n) is 15.4. The summed E-state index contributed by atoms with van der Waals surface area (Å²) in [6.07, 6.45) is 5.75. The van der Waals surface area contributed by atoms with Crippen molar-refractivity contribution >= 4 is 32.6 Å². The van der Waals surface area contributed by atoms with Crippen LogP contribution in [0.3, 0.4) is 0 Å². The van der Waals surface area contributed by atoms with Gasteiger partial charge in [-0.3, -0.25) is 0 Å². The minimum absolute atomic E-state index is 0.591. The number of fused-ring (bicyclic) bond motifs is 3. The van der Waals surface area contributed by atoms with Gasteiger partial charge in [-0.05, 0) is 79.9 Å². The zero-order valence-corrected chi connectivity index (χ0v) is 25.1. The number of aromatic nitrogens is 2. The van der Waals surface area contributed by atoms with Gasteiger partial charge in [-0.25, -0.2) is 4.98 Å². The Hall–Kier alpha value is -4.95. The first kappa shape index (κ1) is 26.9. The van der Waals surface area contributed by atoms with Crippen LogP contribution in [0, 0.1) is 12.8 Å². The van der Waals surface area contributed by atoms with Gasteiger partial charge in [-0.2, -0.15) is 0 Å². The Kier molecular flexibility index (Phi) is 7.12. The summed E-state index contributed by atoms with van der Waals surface area (Å²) in [6.45, 7) is 7.44. The van der Waals surface area contributed by atoms with Gasteiger partial charge in [0.15, 0.2) is 0 Å². The van der Waals surface area contributed by atoms with E-state index >= 15 is 0 Å². The Bertz CT molecular complexity index is 2040. The Morgan fingerprint density at radius 2 is 1.14 bits per heavy atom. The molecule has 7 aromatic rings. The second kappa shape index (κ2) is 11.4. The van der Waals surface area contributed by atoms with Gasteiger partial charge < -0.3 is 4.57 Å². The molecule has 0 bridgehead atoms. The molecule has 2 nitrogen and oxygen atoms in total. The van der Waals surface area contributed by atoms with Crippen molar-refractivity contribution in [3.05, 3.63) is 139 Å². The standard InChI is InChI=1S/C41H36N2/c1-4-28(2)13-12-26-43-29(3)42-38-25-24-33(27-39(38)43)30-20-22-32(23-21-30)41-36-18-10-8-16-34(36)40(31-14-6-5-7-15-31)35-17-9-11-19-37(35)41/h5-25,27-28H,4,26H2,1-3H3/b13-12-. The number of nitrogens with zero attached hydrogens (tertiary/aromatic N) is 2. The van der Waals surface area contributed by atoms with E-state index in [0.29, 0.717) is 5.92 Å². The minimum atomic E-state index is 0.591. The predicted octanol–water partition coefficient (Wildman–Crippen LogP) is 11.3. The molecule has 0 spiro atoms. The van der Waals surface area contributed by atoms with Gasteiger partial charge in [-0.1, -0.05) is 142 Å². The highest BCUT2D eigenvalue weighted by Gasteiger charge is 2.16. The van der Waals surface area contributed by atoms with Crippen molar-refractivity contribution in [3.8, 4) is 33.4 Å². The van der Waals surface area contributed by atoms with Gasteiger partial charge in [0.25, 0.3) is 0 Å². The lowest BCUT2D eigenvalue weighted by atomic mass is 9.86. The molecule has 1 heterocycles. The lowest BCUT2D eigenvalue weighted by Gasteiger charge is -2.18. The zero-order chi connectivity index (χ0) is 29.3. The van der Waals surface area contributed by atoms with Crippen LogP contribution < -0.4 is 0 Å². The maximum atomic E-state index is 4.84. The fraction of sp³-hybridized carbons (Fsp3) is 0.146. The predicted molar refractivity (Wildman–Crippen MR) is 184 cm³/mol. The topological polar surface area (TPSA) is 17.8 Å². The molecule has 0 aliphatic rings. The third-order valence-electron chi connectivity index (χ3n) is 8.84. The van der Waals surface area contributed by atoms with Crippen molar-refractivity contribution in [1.82, 2.24) is 9.55 Å². The normalized spacial score (nSPS) is 12.5. The largest absolute Gasteiger partial charge is 0.324 e. The highest BCUT2D eigenvalue weighted by Crippen LogP contribution is 2.43. The fourth-order valence-corrected chi connectivity index (χ4v) is 6.37. The van der Waals surface area contributed by atoms with Gasteiger partial charge in [0.05, 0.1) is 11.0 Å². The maximum Gasteiger partial charge on any atom is 0.107 e. The van der Waals surface area contributed by atoms with E-state index in [-0.39, 0.29) is 0 Å². The van der Waals surface area contributed by atoms with Crippen LogP contribution in [-0.4, -0.2) is 9.55 Å². The Morgan fingerprint density at radius 3 is 1.72 bits per heavy atom. The molecule has 2 heteroatoms. The second-order valence-electron chi connectivity index (χ2n) is 11.6. The molecule has 0 saturated carbocycles. The lowest BCUT2D eigenvalue weighted by Crippen LogP contribution is -1.98. The number of benzene rings is 6. The summed E-state index contributed by atoms with van der Waals surface area (Å²) in [5.41, 5.74) is 9.71. The van der Waals surface area contributed by atoms with Crippen LogP contribution in [0.15, 0.2) is 133 Å². The molecule has 0 radical (unpaired) electrons. The van der Waals surface area contributed by atoms with E-state index in [9.17, 15) is 0 Å². The van der Waals surface area contributed by atoms with Crippen LogP contribution in [0.25, 0.3) is 66.0 Å². The SMILES string of the molecule is CCC(C)/C=C\Cn1c(C)nc2ccc(-c3ccc(-c4c5ccccc5c(-c5ccccc5)c5ccccc45)cc3)cc21. The Labute approximate surface area is 254 Å². The van der Waals surface area contributed by atoms with Crippen LogP contribution in [0.2, 0.25) is 0 Å². The molecule has 43 heavy (non-hydrogen) atoms. The molecule has 0 amide bonds. The summed E-state index contributed by atoms with van der Waals surface area (Å²) in [6, 6.07) is 44.2. The first-order chi connectivity index (χ1) is 21.1. The number of imidazole rings is 1. The summed E-state index contributed by atoms with van der Waals surface area (Å²) < 4.78 is 2.32. The summed E-state index contributed by atoms with van der Waals surface area (Å²) >= 11 is 0. The highest BCUT2D eigenvalue weighted by atomic mass is 15.1. The van der Waals surface area contributed by atoms with E-state index in [2.05, 4.69) is 159 Å². The van der Waals surface area contributed by atoms with Crippen molar-refractivity contribution in [2.75, 3.05) is 0 Å². The monoisotopic (exact) mass is 556 g/mol. The molecule has 1 unspecified atom stereocenters. The van der Waals surface area contributed by atoms with E-state index in [1.54, 1.807) is 0 Å². The molecule has 0 N–H and O–H groups in total. The molecule has 6 aromatic carbocycles. The van der Waals surface area contributed by atoms with E-state index < -0.39 is 0 Å². The van der Waals surface area contributed by atoms with Gasteiger partial charge in [0.2, 0.25) is 0 Å². The first-order valence-corrected chi connectivity index (χ1v) is 15.4. The molecule has 1 atom stereocenters. The van der Waals surface area contributed by atoms with Crippen molar-refractivity contribution in [3.63, 3.8) is 0 Å². The Morgan fingerprint density at radius 1 is 0.628 bits per heavy atom. The van der Waals surface area contributed by atoms with Crippen molar-refractivity contribution in [2.24, 2.45) is 5.92 Å². The number of rotatable bonds is 7. The Balaban J connectivity index is 1.32. The zero-order valence-electron chi connectivity index (χ0n) is 25.1. The van der Waals surface area contributed by atoms with E-state index in [0.717, 1.165) is 24.3 Å². The number of allylic oxidation sites excluding steroid dienone is 2. The molecule has 210 valence electrons. The number of hydrogen-bond donors (Lipinski definition) is 0. The second-order valence-corrected chi connectivity index (χ2v) is 11.6. The quantitative estimate of drug-likeness (QED) is 0.141. The van der Waals surface area contributed by atoms with E-state index in [1.807, 2.05) is 0 Å². The summed E-state index contributed by atoms with van der Waals surface area (Å²) in [5, 5.41) is 5.11. The molecule has 0 aliphatic carbocycles. The fourth-order valence-electron chi connectivity index (χ4n) is 6.37. The molecule has 7 rings (SSSR count). The average molecular weight is 557 g/mol. The van der Waals surface area contributed by atoms with Gasteiger partial charge >= 0.3 is 0 Å². The molecule has 0 fully saturated rings. The minimum Gasteiger partial charge on any atom is -0.324 e. The van der Waals surface area contributed by atoms with Crippen molar-refractivity contribution < 1.29 is 0 Å². The van der Waals surface area contributed by atoms with Crippen LogP contribution in [0.5, 0.6) is 0 Å². The highest BCUT2D eigenvalue weighted by molar-refractivity contribution is 6.21. The third-order valence-corrected chi connectivity index (χ3v) is 8.84. The third kappa shape index (κ3) is 4.93. The van der Waals surface area contributed by atoms with E-state index in [1.165, 1.54) is 60.4 Å². The molecule has 1 aromatic heterocycles. The van der Waals surface area contributed by atoms with Gasteiger partial charge in [-0.15, -0.1) is 0 Å². The molecule has 0 aliphatic heterocycles. The average Bonchev–Trinajstić information content (AvgIpc) is 3.37. The molecular formula is C41H36N2. The molecular weight excluding hydrogens is 520 g/mol. The van der Waals surface area contributed by atoms with Crippen LogP contribution in [-0.2, 0) is 6.54 Å². The molecule has 0 saturated heterocycles. The van der Waals surface area contributed by atoms with Crippen molar-refractivity contribution in [1.29, 1.82) is 0 Å². The number of aryl methyl sites for hydroxylation is 1.